The van der Waals surface area contributed by atoms with Gasteiger partial charge in [-0.25, -0.2) is 8.78 Å². The molecular weight excluding hydrogens is 314 g/mol. The maximum Gasteiger partial charge on any atom is 0.279 e. The molecule has 5 nitrogen and oxygen atoms in total. The Hall–Kier alpha value is -1.09. The fraction of sp³-hybridized carbons (Fsp3) is 0.571. The molecule has 0 aromatic heterocycles. The topological polar surface area (TPSA) is 69.6 Å². The molecule has 2 rings (SSSR count). The molecular formula is C14H20F2N2O3S. The Morgan fingerprint density at radius 1 is 1.18 bits per heavy atom. The standard InChI is InChI=1S/C14H20F2N2O3S/c1-10(14(19)11-5-6-12(15)13(16)9-11)17-22(20,21)18-7-3-2-4-8-18/h5-6,9-10,14,17,19H,2-4,7-8H2,1H3. The minimum atomic E-state index is -3.70. The quantitative estimate of drug-likeness (QED) is 0.861. The molecule has 0 amide bonds. The number of nitrogens with one attached hydrogen (secondary N) is 1. The van der Waals surface area contributed by atoms with Crippen LogP contribution in [0.25, 0.3) is 0 Å². The van der Waals surface area contributed by atoms with Gasteiger partial charge in [-0.3, -0.25) is 0 Å². The van der Waals surface area contributed by atoms with Gasteiger partial charge in [0.2, 0.25) is 0 Å². The summed E-state index contributed by atoms with van der Waals surface area (Å²) in [5, 5.41) is 10.1. The van der Waals surface area contributed by atoms with E-state index in [1.807, 2.05) is 0 Å². The van der Waals surface area contributed by atoms with Crippen molar-refractivity contribution in [3.8, 4) is 0 Å². The zero-order chi connectivity index (χ0) is 16.3. The van der Waals surface area contributed by atoms with Crippen LogP contribution in [0.4, 0.5) is 8.78 Å². The lowest BCUT2D eigenvalue weighted by molar-refractivity contribution is 0.144. The van der Waals surface area contributed by atoms with Crippen LogP contribution in [0.15, 0.2) is 18.2 Å². The first-order valence-corrected chi connectivity index (χ1v) is 8.65. The summed E-state index contributed by atoms with van der Waals surface area (Å²) >= 11 is 0. The van der Waals surface area contributed by atoms with Gasteiger partial charge in [-0.1, -0.05) is 12.5 Å². The largest absolute Gasteiger partial charge is 0.387 e. The number of nitrogens with zero attached hydrogens (tertiary/aromatic N) is 1. The van der Waals surface area contributed by atoms with Crippen LogP contribution in [0.1, 0.15) is 37.9 Å². The zero-order valence-corrected chi connectivity index (χ0v) is 13.1. The molecule has 1 fully saturated rings. The maximum absolute atomic E-state index is 13.2. The molecule has 1 heterocycles. The predicted molar refractivity (Wildman–Crippen MR) is 78.3 cm³/mol. The average molecular weight is 334 g/mol. The van der Waals surface area contributed by atoms with Gasteiger partial charge in [0.05, 0.1) is 12.1 Å². The summed E-state index contributed by atoms with van der Waals surface area (Å²) < 4.78 is 54.3. The van der Waals surface area contributed by atoms with Crippen LogP contribution in [-0.2, 0) is 10.2 Å². The van der Waals surface area contributed by atoms with E-state index >= 15 is 0 Å². The number of rotatable bonds is 5. The normalized spacial score (nSPS) is 19.8. The van der Waals surface area contributed by atoms with E-state index in [4.69, 9.17) is 0 Å². The summed E-state index contributed by atoms with van der Waals surface area (Å²) in [5.74, 6) is -2.10. The highest BCUT2D eigenvalue weighted by Gasteiger charge is 2.28. The van der Waals surface area contributed by atoms with Gasteiger partial charge in [-0.2, -0.15) is 17.4 Å². The first-order chi connectivity index (χ1) is 10.3. The van der Waals surface area contributed by atoms with Gasteiger partial charge in [0.1, 0.15) is 0 Å². The molecule has 22 heavy (non-hydrogen) atoms. The number of benzene rings is 1. The molecule has 0 bridgehead atoms. The van der Waals surface area contributed by atoms with E-state index in [1.165, 1.54) is 17.3 Å². The lowest BCUT2D eigenvalue weighted by Gasteiger charge is -2.29. The molecule has 2 N–H and O–H groups in total. The summed E-state index contributed by atoms with van der Waals surface area (Å²) in [4.78, 5) is 0. The van der Waals surface area contributed by atoms with Crippen molar-refractivity contribution in [2.24, 2.45) is 0 Å². The van der Waals surface area contributed by atoms with E-state index in [0.29, 0.717) is 13.1 Å². The number of aliphatic hydroxyl groups is 1. The Balaban J connectivity index is 2.06. The highest BCUT2D eigenvalue weighted by molar-refractivity contribution is 7.87. The van der Waals surface area contributed by atoms with Crippen molar-refractivity contribution < 1.29 is 22.3 Å². The molecule has 1 saturated heterocycles. The molecule has 2 unspecified atom stereocenters. The molecule has 2 atom stereocenters. The molecule has 0 saturated carbocycles. The van der Waals surface area contributed by atoms with Gasteiger partial charge in [0.15, 0.2) is 11.6 Å². The first-order valence-electron chi connectivity index (χ1n) is 7.21. The molecule has 1 aromatic carbocycles. The highest BCUT2D eigenvalue weighted by Crippen LogP contribution is 2.21. The van der Waals surface area contributed by atoms with Crippen molar-refractivity contribution in [1.29, 1.82) is 0 Å². The third kappa shape index (κ3) is 4.01. The minimum absolute atomic E-state index is 0.118. The van der Waals surface area contributed by atoms with E-state index in [1.54, 1.807) is 0 Å². The Bertz CT molecular complexity index is 619. The van der Waals surface area contributed by atoms with E-state index in [0.717, 1.165) is 31.4 Å². The van der Waals surface area contributed by atoms with Crippen molar-refractivity contribution in [3.05, 3.63) is 35.4 Å². The van der Waals surface area contributed by atoms with Crippen molar-refractivity contribution >= 4 is 10.2 Å². The van der Waals surface area contributed by atoms with Gasteiger partial charge in [-0.05, 0) is 37.5 Å². The van der Waals surface area contributed by atoms with Crippen molar-refractivity contribution in [3.63, 3.8) is 0 Å². The maximum atomic E-state index is 13.2. The third-order valence-corrected chi connectivity index (χ3v) is 5.46. The average Bonchev–Trinajstić information content (AvgIpc) is 2.49. The van der Waals surface area contributed by atoms with Crippen LogP contribution in [-0.4, -0.2) is 37.0 Å². The monoisotopic (exact) mass is 334 g/mol. The van der Waals surface area contributed by atoms with E-state index in [-0.39, 0.29) is 5.56 Å². The van der Waals surface area contributed by atoms with Gasteiger partial charge in [-0.15, -0.1) is 0 Å². The van der Waals surface area contributed by atoms with Crippen molar-refractivity contribution in [1.82, 2.24) is 9.03 Å². The number of halogens is 2. The van der Waals surface area contributed by atoms with E-state index in [2.05, 4.69) is 4.72 Å². The second-order valence-electron chi connectivity index (χ2n) is 5.49. The molecule has 0 radical (unpaired) electrons. The second kappa shape index (κ2) is 6.99. The number of hydrogen-bond acceptors (Lipinski definition) is 3. The van der Waals surface area contributed by atoms with Crippen molar-refractivity contribution in [2.45, 2.75) is 38.3 Å². The molecule has 0 aliphatic carbocycles. The van der Waals surface area contributed by atoms with Gasteiger partial charge in [0, 0.05) is 13.1 Å². The summed E-state index contributed by atoms with van der Waals surface area (Å²) in [7, 11) is -3.70. The van der Waals surface area contributed by atoms with Crippen LogP contribution in [0.3, 0.4) is 0 Å². The van der Waals surface area contributed by atoms with Gasteiger partial charge in [0.25, 0.3) is 10.2 Å². The van der Waals surface area contributed by atoms with Crippen LogP contribution in [0, 0.1) is 11.6 Å². The smallest absolute Gasteiger partial charge is 0.279 e. The Kier molecular flexibility index (Phi) is 5.49. The van der Waals surface area contributed by atoms with Crippen LogP contribution in [0.2, 0.25) is 0 Å². The SMILES string of the molecule is CC(NS(=O)(=O)N1CCCCC1)C(O)c1ccc(F)c(F)c1. The van der Waals surface area contributed by atoms with E-state index in [9.17, 15) is 22.3 Å². The molecule has 124 valence electrons. The van der Waals surface area contributed by atoms with Crippen LogP contribution in [0.5, 0.6) is 0 Å². The van der Waals surface area contributed by atoms with E-state index < -0.39 is 34.0 Å². The summed E-state index contributed by atoms with van der Waals surface area (Å²) in [6.07, 6.45) is 1.34. The van der Waals surface area contributed by atoms with Gasteiger partial charge >= 0.3 is 0 Å². The molecule has 8 heteroatoms. The van der Waals surface area contributed by atoms with Gasteiger partial charge < -0.3 is 5.11 Å². The minimum Gasteiger partial charge on any atom is -0.387 e. The lowest BCUT2D eigenvalue weighted by Crippen LogP contribution is -2.48. The highest BCUT2D eigenvalue weighted by atomic mass is 32.2. The summed E-state index contributed by atoms with van der Waals surface area (Å²) in [6, 6.07) is 2.14. The number of hydrogen-bond donors (Lipinski definition) is 2. The predicted octanol–water partition coefficient (Wildman–Crippen LogP) is 1.71. The molecule has 1 aliphatic heterocycles. The summed E-state index contributed by atoms with van der Waals surface area (Å²) in [6.45, 7) is 2.38. The first kappa shape index (κ1) is 17.3. The second-order valence-corrected chi connectivity index (χ2v) is 7.19. The Morgan fingerprint density at radius 3 is 2.41 bits per heavy atom. The fourth-order valence-electron chi connectivity index (χ4n) is 2.46. The Labute approximate surface area is 129 Å². The molecule has 1 aliphatic rings. The van der Waals surface area contributed by atoms with Crippen LogP contribution < -0.4 is 4.72 Å². The van der Waals surface area contributed by atoms with Crippen molar-refractivity contribution in [2.75, 3.05) is 13.1 Å². The fourth-order valence-corrected chi connectivity index (χ4v) is 3.95. The lowest BCUT2D eigenvalue weighted by atomic mass is 10.0. The molecule has 0 spiro atoms. The molecule has 1 aromatic rings. The third-order valence-electron chi connectivity index (χ3n) is 3.75. The summed E-state index contributed by atoms with van der Waals surface area (Å²) in [5.41, 5.74) is 0.118. The zero-order valence-electron chi connectivity index (χ0n) is 12.3. The Morgan fingerprint density at radius 2 is 1.82 bits per heavy atom. The number of piperidine rings is 1. The van der Waals surface area contributed by atoms with Crippen LogP contribution >= 0.6 is 0 Å². The number of aliphatic hydroxyl groups excluding tert-OH is 1.